The van der Waals surface area contributed by atoms with Crippen LogP contribution in [0, 0.1) is 0 Å². The van der Waals surface area contributed by atoms with E-state index < -0.39 is 0 Å². The van der Waals surface area contributed by atoms with Gasteiger partial charge in [0.1, 0.15) is 5.76 Å². The molecule has 0 aromatic carbocycles. The number of allylic oxidation sites excluding steroid dienone is 3. The monoisotopic (exact) mass is 225 g/mol. The number of hydrogen-bond donors (Lipinski definition) is 1. The standard InChI is InChI=1S/C11H17NO2.C2H6/c1-5-10(14-4)8-9(2)6-7-11(13)12-3;1-2/h5,8H,1-2,6-7H2,3-4H3,(H,12,13);1-2H3/b10-8+;. The van der Waals surface area contributed by atoms with E-state index in [2.05, 4.69) is 18.5 Å². The van der Waals surface area contributed by atoms with Gasteiger partial charge in [-0.3, -0.25) is 4.79 Å². The Morgan fingerprint density at radius 2 is 1.94 bits per heavy atom. The third kappa shape index (κ3) is 9.06. The van der Waals surface area contributed by atoms with Crippen molar-refractivity contribution in [2.75, 3.05) is 14.2 Å². The Morgan fingerprint density at radius 1 is 1.38 bits per heavy atom. The van der Waals surface area contributed by atoms with E-state index in [4.69, 9.17) is 4.74 Å². The molecular formula is C13H23NO2. The molecular weight excluding hydrogens is 202 g/mol. The molecule has 1 N–H and O–H groups in total. The highest BCUT2D eigenvalue weighted by Gasteiger charge is 1.99. The van der Waals surface area contributed by atoms with Crippen molar-refractivity contribution >= 4 is 5.91 Å². The van der Waals surface area contributed by atoms with E-state index >= 15 is 0 Å². The lowest BCUT2D eigenvalue weighted by atomic mass is 10.1. The molecule has 16 heavy (non-hydrogen) atoms. The van der Waals surface area contributed by atoms with Gasteiger partial charge in [-0.2, -0.15) is 0 Å². The van der Waals surface area contributed by atoms with Crippen molar-refractivity contribution in [3.8, 4) is 0 Å². The summed E-state index contributed by atoms with van der Waals surface area (Å²) in [4.78, 5) is 10.9. The van der Waals surface area contributed by atoms with Gasteiger partial charge in [0.25, 0.3) is 0 Å². The summed E-state index contributed by atoms with van der Waals surface area (Å²) < 4.78 is 4.98. The Bertz CT molecular complexity index is 255. The molecule has 0 rings (SSSR count). The van der Waals surface area contributed by atoms with E-state index in [1.165, 1.54) is 0 Å². The van der Waals surface area contributed by atoms with Gasteiger partial charge in [0.05, 0.1) is 7.11 Å². The van der Waals surface area contributed by atoms with Crippen molar-refractivity contribution in [1.29, 1.82) is 0 Å². The van der Waals surface area contributed by atoms with E-state index in [0.717, 1.165) is 5.57 Å². The van der Waals surface area contributed by atoms with Crippen LogP contribution in [0.4, 0.5) is 0 Å². The Morgan fingerprint density at radius 3 is 2.31 bits per heavy atom. The topological polar surface area (TPSA) is 38.3 Å². The molecule has 3 heteroatoms. The molecule has 0 bridgehead atoms. The molecule has 0 aliphatic heterocycles. The molecule has 0 aromatic heterocycles. The summed E-state index contributed by atoms with van der Waals surface area (Å²) in [6, 6.07) is 0. The number of rotatable bonds is 6. The lowest BCUT2D eigenvalue weighted by Crippen LogP contribution is -2.17. The fourth-order valence-corrected chi connectivity index (χ4v) is 0.874. The number of hydrogen-bond acceptors (Lipinski definition) is 2. The van der Waals surface area contributed by atoms with Crippen LogP contribution < -0.4 is 5.32 Å². The summed E-state index contributed by atoms with van der Waals surface area (Å²) in [5.41, 5.74) is 0.852. The van der Waals surface area contributed by atoms with Gasteiger partial charge in [0.2, 0.25) is 5.91 Å². The lowest BCUT2D eigenvalue weighted by molar-refractivity contribution is -0.120. The number of carbonyl (C=O) groups is 1. The van der Waals surface area contributed by atoms with Crippen LogP contribution in [0.25, 0.3) is 0 Å². The summed E-state index contributed by atoms with van der Waals surface area (Å²) in [6.07, 6.45) is 4.45. The van der Waals surface area contributed by atoms with E-state index in [1.807, 2.05) is 13.8 Å². The van der Waals surface area contributed by atoms with E-state index in [9.17, 15) is 4.79 Å². The number of amides is 1. The molecule has 0 fully saturated rings. The fraction of sp³-hybridized carbons (Fsp3) is 0.462. The zero-order valence-corrected chi connectivity index (χ0v) is 10.8. The fourth-order valence-electron chi connectivity index (χ4n) is 0.874. The third-order valence-electron chi connectivity index (χ3n) is 1.74. The van der Waals surface area contributed by atoms with Crippen LogP contribution in [0.1, 0.15) is 26.7 Å². The molecule has 0 atom stereocenters. The van der Waals surface area contributed by atoms with Crippen LogP contribution in [0.2, 0.25) is 0 Å². The van der Waals surface area contributed by atoms with Gasteiger partial charge in [0.15, 0.2) is 0 Å². The lowest BCUT2D eigenvalue weighted by Gasteiger charge is -2.02. The smallest absolute Gasteiger partial charge is 0.220 e. The van der Waals surface area contributed by atoms with Crippen molar-refractivity contribution < 1.29 is 9.53 Å². The van der Waals surface area contributed by atoms with Gasteiger partial charge in [-0.15, -0.1) is 0 Å². The normalized spacial score (nSPS) is 9.62. The Hall–Kier alpha value is -1.51. The summed E-state index contributed by atoms with van der Waals surface area (Å²) in [5.74, 6) is 0.670. The SMILES string of the molecule is C=C/C(=C\C(=C)CCC(=O)NC)OC.CC. The maximum absolute atomic E-state index is 10.9. The maximum Gasteiger partial charge on any atom is 0.220 e. The van der Waals surface area contributed by atoms with Gasteiger partial charge in [0, 0.05) is 13.5 Å². The number of carbonyl (C=O) groups excluding carboxylic acids is 1. The molecule has 0 aromatic rings. The molecule has 0 saturated carbocycles. The van der Waals surface area contributed by atoms with Crippen LogP contribution in [0.3, 0.4) is 0 Å². The average molecular weight is 225 g/mol. The van der Waals surface area contributed by atoms with Crippen molar-refractivity contribution in [3.05, 3.63) is 36.6 Å². The minimum absolute atomic E-state index is 0.0112. The molecule has 92 valence electrons. The predicted molar refractivity (Wildman–Crippen MR) is 69.1 cm³/mol. The van der Waals surface area contributed by atoms with Crippen LogP contribution in [-0.4, -0.2) is 20.1 Å². The van der Waals surface area contributed by atoms with Crippen molar-refractivity contribution in [3.63, 3.8) is 0 Å². The minimum Gasteiger partial charge on any atom is -0.497 e. The van der Waals surface area contributed by atoms with E-state index in [1.54, 1.807) is 26.3 Å². The molecule has 0 unspecified atom stereocenters. The average Bonchev–Trinajstić information content (AvgIpc) is 2.35. The van der Waals surface area contributed by atoms with Crippen molar-refractivity contribution in [2.24, 2.45) is 0 Å². The molecule has 0 radical (unpaired) electrons. The number of ether oxygens (including phenoxy) is 1. The zero-order chi connectivity index (χ0) is 13.0. The second kappa shape index (κ2) is 11.6. The van der Waals surface area contributed by atoms with E-state index in [-0.39, 0.29) is 5.91 Å². The van der Waals surface area contributed by atoms with Gasteiger partial charge >= 0.3 is 0 Å². The summed E-state index contributed by atoms with van der Waals surface area (Å²) in [6.45, 7) is 11.4. The van der Waals surface area contributed by atoms with Crippen LogP contribution in [0.5, 0.6) is 0 Å². The molecule has 0 spiro atoms. The molecule has 0 saturated heterocycles. The van der Waals surface area contributed by atoms with Crippen LogP contribution in [-0.2, 0) is 9.53 Å². The van der Waals surface area contributed by atoms with Crippen molar-refractivity contribution in [2.45, 2.75) is 26.7 Å². The van der Waals surface area contributed by atoms with Crippen LogP contribution in [0.15, 0.2) is 36.6 Å². The molecule has 3 nitrogen and oxygen atoms in total. The van der Waals surface area contributed by atoms with Gasteiger partial charge in [-0.05, 0) is 18.6 Å². The van der Waals surface area contributed by atoms with Gasteiger partial charge in [-0.1, -0.05) is 32.6 Å². The largest absolute Gasteiger partial charge is 0.497 e. The first-order valence-electron chi connectivity index (χ1n) is 5.40. The highest BCUT2D eigenvalue weighted by Crippen LogP contribution is 2.08. The minimum atomic E-state index is 0.0112. The highest BCUT2D eigenvalue weighted by molar-refractivity contribution is 5.75. The number of methoxy groups -OCH3 is 1. The van der Waals surface area contributed by atoms with E-state index in [0.29, 0.717) is 18.6 Å². The van der Waals surface area contributed by atoms with Gasteiger partial charge in [-0.25, -0.2) is 0 Å². The first kappa shape index (κ1) is 16.9. The second-order valence-electron chi connectivity index (χ2n) is 2.79. The zero-order valence-electron chi connectivity index (χ0n) is 10.8. The predicted octanol–water partition coefficient (Wildman–Crippen LogP) is 2.81. The Labute approximate surface area is 98.9 Å². The first-order valence-corrected chi connectivity index (χ1v) is 5.40. The van der Waals surface area contributed by atoms with Gasteiger partial charge < -0.3 is 10.1 Å². The third-order valence-corrected chi connectivity index (χ3v) is 1.74. The Kier molecular flexibility index (Phi) is 12.2. The quantitative estimate of drug-likeness (QED) is 0.557. The molecule has 0 aliphatic rings. The maximum atomic E-state index is 10.9. The summed E-state index contributed by atoms with van der Waals surface area (Å²) >= 11 is 0. The van der Waals surface area contributed by atoms with Crippen molar-refractivity contribution in [1.82, 2.24) is 5.32 Å². The highest BCUT2D eigenvalue weighted by atomic mass is 16.5. The summed E-state index contributed by atoms with van der Waals surface area (Å²) in [5, 5.41) is 2.55. The second-order valence-corrected chi connectivity index (χ2v) is 2.79. The Balaban J connectivity index is 0. The molecule has 1 amide bonds. The molecule has 0 heterocycles. The summed E-state index contributed by atoms with van der Waals surface area (Å²) in [7, 11) is 3.19. The first-order chi connectivity index (χ1) is 7.63. The number of nitrogens with one attached hydrogen (secondary N) is 1. The molecule has 0 aliphatic carbocycles. The van der Waals surface area contributed by atoms with Crippen LogP contribution >= 0.6 is 0 Å².